The molecule has 1 fully saturated rings. The van der Waals surface area contributed by atoms with Crippen molar-refractivity contribution in [1.29, 1.82) is 0 Å². The number of hydrogen-bond acceptors (Lipinski definition) is 3. The SMILES string of the molecule is CC[C@@H](Cc1ccccc1)NS(=O)(=O)c1ccc2c(c1)C[C@H](C)N2C(=O)C1CC1. The number of sulfonamides is 1. The Labute approximate surface area is 173 Å². The van der Waals surface area contributed by atoms with Gasteiger partial charge in [0.2, 0.25) is 15.9 Å². The van der Waals surface area contributed by atoms with Crippen molar-refractivity contribution in [3.8, 4) is 0 Å². The normalized spacial score (nSPS) is 19.8. The van der Waals surface area contributed by atoms with E-state index in [1.165, 1.54) is 0 Å². The van der Waals surface area contributed by atoms with Crippen LogP contribution in [0.5, 0.6) is 0 Å². The minimum Gasteiger partial charge on any atom is -0.309 e. The summed E-state index contributed by atoms with van der Waals surface area (Å²) >= 11 is 0. The monoisotopic (exact) mass is 412 g/mol. The van der Waals surface area contributed by atoms with Gasteiger partial charge in [-0.25, -0.2) is 13.1 Å². The van der Waals surface area contributed by atoms with Crippen molar-refractivity contribution in [3.05, 3.63) is 59.7 Å². The quantitative estimate of drug-likeness (QED) is 0.754. The zero-order valence-electron chi connectivity index (χ0n) is 17.0. The summed E-state index contributed by atoms with van der Waals surface area (Å²) < 4.78 is 28.9. The van der Waals surface area contributed by atoms with Gasteiger partial charge in [-0.1, -0.05) is 37.3 Å². The number of nitrogens with zero attached hydrogens (tertiary/aromatic N) is 1. The predicted octanol–water partition coefficient (Wildman–Crippen LogP) is 3.67. The van der Waals surface area contributed by atoms with Crippen molar-refractivity contribution >= 4 is 21.6 Å². The van der Waals surface area contributed by atoms with Crippen LogP contribution in [0.1, 0.15) is 44.2 Å². The van der Waals surface area contributed by atoms with Crippen LogP contribution in [0.4, 0.5) is 5.69 Å². The summed E-state index contributed by atoms with van der Waals surface area (Å²) in [6.45, 7) is 4.02. The number of fused-ring (bicyclic) bond motifs is 1. The van der Waals surface area contributed by atoms with Gasteiger partial charge in [0.15, 0.2) is 0 Å². The molecule has 1 saturated carbocycles. The molecule has 0 aromatic heterocycles. The smallest absolute Gasteiger partial charge is 0.240 e. The van der Waals surface area contributed by atoms with Crippen LogP contribution in [-0.2, 0) is 27.7 Å². The van der Waals surface area contributed by atoms with Gasteiger partial charge in [-0.15, -0.1) is 0 Å². The van der Waals surface area contributed by atoms with E-state index < -0.39 is 10.0 Å². The minimum atomic E-state index is -3.63. The third-order valence-electron chi connectivity index (χ3n) is 5.88. The van der Waals surface area contributed by atoms with E-state index in [2.05, 4.69) is 4.72 Å². The third kappa shape index (κ3) is 4.23. The predicted molar refractivity (Wildman–Crippen MR) is 114 cm³/mol. The van der Waals surface area contributed by atoms with E-state index in [9.17, 15) is 13.2 Å². The Hall–Kier alpha value is -2.18. The van der Waals surface area contributed by atoms with E-state index in [4.69, 9.17) is 0 Å². The molecule has 1 aliphatic carbocycles. The molecule has 0 radical (unpaired) electrons. The molecule has 0 bridgehead atoms. The fraction of sp³-hybridized carbons (Fsp3) is 0.435. The largest absolute Gasteiger partial charge is 0.309 e. The molecule has 2 aromatic carbocycles. The highest BCUT2D eigenvalue weighted by atomic mass is 32.2. The highest BCUT2D eigenvalue weighted by Crippen LogP contribution is 2.39. The Bertz CT molecular complexity index is 1000. The van der Waals surface area contributed by atoms with E-state index in [1.54, 1.807) is 18.2 Å². The Morgan fingerprint density at radius 2 is 1.90 bits per heavy atom. The molecule has 2 aromatic rings. The molecular formula is C23H28N2O3S. The van der Waals surface area contributed by atoms with Crippen LogP contribution in [-0.4, -0.2) is 26.4 Å². The lowest BCUT2D eigenvalue weighted by Gasteiger charge is -2.23. The van der Waals surface area contributed by atoms with Crippen molar-refractivity contribution in [3.63, 3.8) is 0 Å². The highest BCUT2D eigenvalue weighted by Gasteiger charge is 2.39. The molecule has 5 nitrogen and oxygen atoms in total. The van der Waals surface area contributed by atoms with Gasteiger partial charge in [-0.05, 0) is 68.4 Å². The van der Waals surface area contributed by atoms with Crippen LogP contribution < -0.4 is 9.62 Å². The lowest BCUT2D eigenvalue weighted by Crippen LogP contribution is -2.36. The van der Waals surface area contributed by atoms with E-state index >= 15 is 0 Å². The molecule has 2 atom stereocenters. The van der Waals surface area contributed by atoms with Crippen molar-refractivity contribution in [2.24, 2.45) is 5.92 Å². The number of carbonyl (C=O) groups is 1. The summed E-state index contributed by atoms with van der Waals surface area (Å²) in [7, 11) is -3.63. The van der Waals surface area contributed by atoms with Gasteiger partial charge >= 0.3 is 0 Å². The first kappa shape index (κ1) is 20.1. The third-order valence-corrected chi connectivity index (χ3v) is 7.40. The zero-order valence-corrected chi connectivity index (χ0v) is 17.8. The summed E-state index contributed by atoms with van der Waals surface area (Å²) in [5.41, 5.74) is 2.91. The highest BCUT2D eigenvalue weighted by molar-refractivity contribution is 7.89. The van der Waals surface area contributed by atoms with Crippen LogP contribution in [0.15, 0.2) is 53.4 Å². The molecule has 0 spiro atoms. The van der Waals surface area contributed by atoms with Crippen LogP contribution in [0.3, 0.4) is 0 Å². The summed E-state index contributed by atoms with van der Waals surface area (Å²) in [6.07, 6.45) is 3.99. The molecule has 1 aliphatic heterocycles. The second-order valence-electron chi connectivity index (χ2n) is 8.24. The minimum absolute atomic E-state index is 0.0745. The standard InChI is InChI=1S/C23H28N2O3S/c1-3-20(14-17-7-5-4-6-8-17)24-29(27,28)21-11-12-22-19(15-21)13-16(2)25(22)23(26)18-9-10-18/h4-8,11-12,15-16,18,20,24H,3,9-10,13-14H2,1-2H3/t16-,20-/m0/s1. The van der Waals surface area contributed by atoms with Crippen LogP contribution >= 0.6 is 0 Å². The fourth-order valence-electron chi connectivity index (χ4n) is 4.09. The number of nitrogens with one attached hydrogen (secondary N) is 1. The number of amides is 1. The second-order valence-corrected chi connectivity index (χ2v) is 9.96. The summed E-state index contributed by atoms with van der Waals surface area (Å²) in [6, 6.07) is 15.0. The lowest BCUT2D eigenvalue weighted by atomic mass is 10.1. The zero-order chi connectivity index (χ0) is 20.6. The maximum atomic E-state index is 13.0. The van der Waals surface area contributed by atoms with Gasteiger partial charge < -0.3 is 4.90 Å². The molecule has 0 unspecified atom stereocenters. The van der Waals surface area contributed by atoms with Gasteiger partial charge in [0.05, 0.1) is 4.90 Å². The first-order valence-electron chi connectivity index (χ1n) is 10.4. The molecule has 29 heavy (non-hydrogen) atoms. The molecule has 1 amide bonds. The molecule has 1 heterocycles. The number of anilines is 1. The fourth-order valence-corrected chi connectivity index (χ4v) is 5.46. The van der Waals surface area contributed by atoms with E-state index in [0.717, 1.165) is 29.7 Å². The molecule has 2 aliphatic rings. The van der Waals surface area contributed by atoms with E-state index in [1.807, 2.05) is 49.1 Å². The molecule has 1 N–H and O–H groups in total. The van der Waals surface area contributed by atoms with Crippen LogP contribution in [0, 0.1) is 5.92 Å². The maximum Gasteiger partial charge on any atom is 0.240 e. The number of carbonyl (C=O) groups excluding carboxylic acids is 1. The molecule has 0 saturated heterocycles. The van der Waals surface area contributed by atoms with Gasteiger partial charge in [0.25, 0.3) is 0 Å². The van der Waals surface area contributed by atoms with Crippen molar-refractivity contribution in [1.82, 2.24) is 4.72 Å². The van der Waals surface area contributed by atoms with Gasteiger partial charge in [0, 0.05) is 23.7 Å². The van der Waals surface area contributed by atoms with E-state index in [-0.39, 0.29) is 28.8 Å². The van der Waals surface area contributed by atoms with Crippen molar-refractivity contribution in [2.75, 3.05) is 4.90 Å². The topological polar surface area (TPSA) is 66.5 Å². The average Bonchev–Trinajstić information content (AvgIpc) is 3.49. The Morgan fingerprint density at radius 1 is 1.17 bits per heavy atom. The number of rotatable bonds is 7. The van der Waals surface area contributed by atoms with Crippen LogP contribution in [0.25, 0.3) is 0 Å². The lowest BCUT2D eigenvalue weighted by molar-refractivity contribution is -0.120. The first-order chi connectivity index (χ1) is 13.9. The van der Waals surface area contributed by atoms with Gasteiger partial charge in [0.1, 0.15) is 0 Å². The number of hydrogen-bond donors (Lipinski definition) is 1. The second kappa shape index (κ2) is 7.92. The Morgan fingerprint density at radius 3 is 2.55 bits per heavy atom. The average molecular weight is 413 g/mol. The maximum absolute atomic E-state index is 13.0. The number of benzene rings is 2. The van der Waals surface area contributed by atoms with Crippen LogP contribution in [0.2, 0.25) is 0 Å². The summed E-state index contributed by atoms with van der Waals surface area (Å²) in [4.78, 5) is 14.8. The molecular weight excluding hydrogens is 384 g/mol. The Kier molecular flexibility index (Phi) is 5.49. The summed E-state index contributed by atoms with van der Waals surface area (Å²) in [5, 5.41) is 0. The first-order valence-corrected chi connectivity index (χ1v) is 11.9. The summed E-state index contributed by atoms with van der Waals surface area (Å²) in [5.74, 6) is 0.329. The van der Waals surface area contributed by atoms with Gasteiger partial charge in [-0.2, -0.15) is 0 Å². The van der Waals surface area contributed by atoms with Gasteiger partial charge in [-0.3, -0.25) is 4.79 Å². The van der Waals surface area contributed by atoms with Crippen molar-refractivity contribution < 1.29 is 13.2 Å². The molecule has 4 rings (SSSR count). The van der Waals surface area contributed by atoms with E-state index in [0.29, 0.717) is 19.3 Å². The van der Waals surface area contributed by atoms with Crippen molar-refractivity contribution in [2.45, 2.75) is 62.9 Å². The molecule has 6 heteroatoms. The molecule has 154 valence electrons. The Balaban J connectivity index is 1.53.